The van der Waals surface area contributed by atoms with Crippen LogP contribution >= 0.6 is 0 Å². The van der Waals surface area contributed by atoms with Gasteiger partial charge in [0.2, 0.25) is 0 Å². The molecule has 1 rings (SSSR count). The normalized spacial score (nSPS) is 22.0. The van der Waals surface area contributed by atoms with Gasteiger partial charge in [-0.15, -0.1) is 0 Å². The van der Waals surface area contributed by atoms with E-state index in [4.69, 9.17) is 10.8 Å². The van der Waals surface area contributed by atoms with Gasteiger partial charge in [-0.1, -0.05) is 12.8 Å². The molecule has 12 heavy (non-hydrogen) atoms. The first kappa shape index (κ1) is 9.96. The third kappa shape index (κ3) is 2.73. The molecular formula is C9H20N2O. The molecule has 1 fully saturated rings. The van der Waals surface area contributed by atoms with Gasteiger partial charge in [0.15, 0.2) is 0 Å². The third-order valence-corrected chi connectivity index (χ3v) is 2.71. The van der Waals surface area contributed by atoms with Crippen molar-refractivity contribution in [2.75, 3.05) is 20.2 Å². The first-order chi connectivity index (χ1) is 5.74. The van der Waals surface area contributed by atoms with Crippen molar-refractivity contribution in [1.82, 2.24) is 4.90 Å². The van der Waals surface area contributed by atoms with Crippen LogP contribution in [0.2, 0.25) is 0 Å². The molecular weight excluding hydrogens is 152 g/mol. The van der Waals surface area contributed by atoms with Crippen LogP contribution in [0.4, 0.5) is 0 Å². The maximum atomic E-state index is 8.77. The molecule has 0 radical (unpaired) electrons. The Bertz CT molecular complexity index is 124. The molecule has 0 spiro atoms. The van der Waals surface area contributed by atoms with Crippen LogP contribution in [0.3, 0.4) is 0 Å². The van der Waals surface area contributed by atoms with Gasteiger partial charge in [0.1, 0.15) is 0 Å². The fraction of sp³-hybridized carbons (Fsp3) is 1.00. The van der Waals surface area contributed by atoms with Crippen molar-refractivity contribution in [3.8, 4) is 0 Å². The molecule has 0 heterocycles. The lowest BCUT2D eigenvalue weighted by molar-refractivity contribution is 0.188. The van der Waals surface area contributed by atoms with Crippen LogP contribution < -0.4 is 5.73 Å². The van der Waals surface area contributed by atoms with Gasteiger partial charge in [-0.05, 0) is 19.9 Å². The maximum absolute atomic E-state index is 8.77. The van der Waals surface area contributed by atoms with E-state index in [-0.39, 0.29) is 12.6 Å². The highest BCUT2D eigenvalue weighted by Crippen LogP contribution is 2.22. The Morgan fingerprint density at radius 1 is 1.50 bits per heavy atom. The van der Waals surface area contributed by atoms with Gasteiger partial charge in [0, 0.05) is 18.6 Å². The number of rotatable bonds is 4. The SMILES string of the molecule is CN(CC(N)CO)C1CCCC1. The Labute approximate surface area is 74.5 Å². The largest absolute Gasteiger partial charge is 0.395 e. The quantitative estimate of drug-likeness (QED) is 0.636. The summed E-state index contributed by atoms with van der Waals surface area (Å²) in [6.07, 6.45) is 5.30. The minimum atomic E-state index is -0.0735. The Morgan fingerprint density at radius 2 is 2.08 bits per heavy atom. The summed E-state index contributed by atoms with van der Waals surface area (Å²) in [4.78, 5) is 2.29. The lowest BCUT2D eigenvalue weighted by Crippen LogP contribution is -2.41. The zero-order chi connectivity index (χ0) is 8.97. The van der Waals surface area contributed by atoms with E-state index < -0.39 is 0 Å². The van der Waals surface area contributed by atoms with Crippen molar-refractivity contribution >= 4 is 0 Å². The van der Waals surface area contributed by atoms with Gasteiger partial charge in [-0.2, -0.15) is 0 Å². The highest BCUT2D eigenvalue weighted by Gasteiger charge is 2.20. The van der Waals surface area contributed by atoms with E-state index >= 15 is 0 Å². The van der Waals surface area contributed by atoms with E-state index in [0.29, 0.717) is 6.04 Å². The predicted octanol–water partition coefficient (Wildman–Crippen LogP) is 0.180. The molecule has 1 aliphatic carbocycles. The minimum Gasteiger partial charge on any atom is -0.395 e. The molecule has 1 atom stereocenters. The zero-order valence-corrected chi connectivity index (χ0v) is 7.87. The van der Waals surface area contributed by atoms with Gasteiger partial charge < -0.3 is 15.7 Å². The van der Waals surface area contributed by atoms with E-state index in [2.05, 4.69) is 11.9 Å². The van der Waals surface area contributed by atoms with Crippen molar-refractivity contribution < 1.29 is 5.11 Å². The van der Waals surface area contributed by atoms with E-state index in [1.165, 1.54) is 25.7 Å². The maximum Gasteiger partial charge on any atom is 0.0595 e. The monoisotopic (exact) mass is 172 g/mol. The first-order valence-corrected chi connectivity index (χ1v) is 4.80. The van der Waals surface area contributed by atoms with E-state index in [1.807, 2.05) is 0 Å². The summed E-state index contributed by atoms with van der Waals surface area (Å²) in [6.45, 7) is 0.915. The summed E-state index contributed by atoms with van der Waals surface area (Å²) in [5.74, 6) is 0. The fourth-order valence-electron chi connectivity index (χ4n) is 1.92. The van der Waals surface area contributed by atoms with Crippen molar-refractivity contribution in [1.29, 1.82) is 0 Å². The molecule has 3 heteroatoms. The van der Waals surface area contributed by atoms with Gasteiger partial charge in [-0.3, -0.25) is 0 Å². The highest BCUT2D eigenvalue weighted by molar-refractivity contribution is 4.77. The molecule has 1 saturated carbocycles. The number of hydrogen-bond acceptors (Lipinski definition) is 3. The van der Waals surface area contributed by atoms with Crippen LogP contribution in [-0.4, -0.2) is 42.3 Å². The van der Waals surface area contributed by atoms with Gasteiger partial charge >= 0.3 is 0 Å². The molecule has 3 nitrogen and oxygen atoms in total. The van der Waals surface area contributed by atoms with Crippen LogP contribution in [-0.2, 0) is 0 Å². The summed E-state index contributed by atoms with van der Waals surface area (Å²) < 4.78 is 0. The van der Waals surface area contributed by atoms with Crippen molar-refractivity contribution in [2.24, 2.45) is 5.73 Å². The highest BCUT2D eigenvalue weighted by atomic mass is 16.3. The Balaban J connectivity index is 2.21. The first-order valence-electron chi connectivity index (χ1n) is 4.80. The van der Waals surface area contributed by atoms with E-state index in [9.17, 15) is 0 Å². The number of aliphatic hydroxyl groups excluding tert-OH is 1. The molecule has 1 aliphatic rings. The topological polar surface area (TPSA) is 49.5 Å². The molecule has 3 N–H and O–H groups in total. The summed E-state index contributed by atoms with van der Waals surface area (Å²) in [5, 5.41) is 8.77. The third-order valence-electron chi connectivity index (χ3n) is 2.71. The van der Waals surface area contributed by atoms with Crippen LogP contribution in [0.5, 0.6) is 0 Å². The second-order valence-electron chi connectivity index (χ2n) is 3.82. The van der Waals surface area contributed by atoms with Crippen molar-refractivity contribution in [3.05, 3.63) is 0 Å². The molecule has 0 saturated heterocycles. The lowest BCUT2D eigenvalue weighted by atomic mass is 10.2. The van der Waals surface area contributed by atoms with Crippen LogP contribution in [0.1, 0.15) is 25.7 Å². The van der Waals surface area contributed by atoms with Crippen molar-refractivity contribution in [2.45, 2.75) is 37.8 Å². The van der Waals surface area contributed by atoms with Crippen molar-refractivity contribution in [3.63, 3.8) is 0 Å². The molecule has 1 unspecified atom stereocenters. The van der Waals surface area contributed by atoms with E-state index in [1.54, 1.807) is 0 Å². The fourth-order valence-corrected chi connectivity index (χ4v) is 1.92. The molecule has 0 aromatic carbocycles. The number of nitrogens with two attached hydrogens (primary N) is 1. The van der Waals surface area contributed by atoms with Gasteiger partial charge in [0.25, 0.3) is 0 Å². The molecule has 0 aliphatic heterocycles. The van der Waals surface area contributed by atoms with Crippen LogP contribution in [0.25, 0.3) is 0 Å². The molecule has 0 bridgehead atoms. The second-order valence-corrected chi connectivity index (χ2v) is 3.82. The number of likely N-dealkylation sites (N-methyl/N-ethyl adjacent to an activating group) is 1. The van der Waals surface area contributed by atoms with Crippen LogP contribution in [0, 0.1) is 0 Å². The molecule has 0 amide bonds. The average Bonchev–Trinajstić information content (AvgIpc) is 2.56. The Morgan fingerprint density at radius 3 is 2.58 bits per heavy atom. The Hall–Kier alpha value is -0.120. The summed E-state index contributed by atoms with van der Waals surface area (Å²) in [5.41, 5.74) is 5.65. The lowest BCUT2D eigenvalue weighted by Gasteiger charge is -2.26. The standard InChI is InChI=1S/C9H20N2O/c1-11(6-8(10)7-12)9-4-2-3-5-9/h8-9,12H,2-7,10H2,1H3. The molecule has 72 valence electrons. The molecule has 0 aromatic heterocycles. The smallest absolute Gasteiger partial charge is 0.0595 e. The zero-order valence-electron chi connectivity index (χ0n) is 7.87. The number of hydrogen-bond donors (Lipinski definition) is 2. The minimum absolute atomic E-state index is 0.0735. The van der Waals surface area contributed by atoms with Gasteiger partial charge in [0.05, 0.1) is 6.61 Å². The van der Waals surface area contributed by atoms with Gasteiger partial charge in [-0.25, -0.2) is 0 Å². The summed E-state index contributed by atoms with van der Waals surface area (Å²) in [7, 11) is 2.10. The summed E-state index contributed by atoms with van der Waals surface area (Å²) in [6, 6.07) is 0.637. The predicted molar refractivity (Wildman–Crippen MR) is 49.9 cm³/mol. The number of aliphatic hydroxyl groups is 1. The Kier molecular flexibility index (Phi) is 3.98. The summed E-state index contributed by atoms with van der Waals surface area (Å²) >= 11 is 0. The van der Waals surface area contributed by atoms with Crippen LogP contribution in [0.15, 0.2) is 0 Å². The number of nitrogens with zero attached hydrogens (tertiary/aromatic N) is 1. The van der Waals surface area contributed by atoms with E-state index in [0.717, 1.165) is 6.54 Å². The average molecular weight is 172 g/mol. The second kappa shape index (κ2) is 4.80. The molecule has 0 aromatic rings.